The average Bonchev–Trinajstić information content (AvgIpc) is 2.30. The number of hydrogen-bond acceptors (Lipinski definition) is 2. The van der Waals surface area contributed by atoms with Crippen LogP contribution in [0.25, 0.3) is 0 Å². The molecule has 2 N–H and O–H groups in total. The Morgan fingerprint density at radius 2 is 2.38 bits per heavy atom. The fourth-order valence-corrected chi connectivity index (χ4v) is 2.46. The van der Waals surface area contributed by atoms with E-state index < -0.39 is 0 Å². The number of nitrogen functional groups attached to an aromatic ring is 1. The Morgan fingerprint density at radius 3 is 3.12 bits per heavy atom. The fraction of sp³-hybridized carbons (Fsp3) is 0.571. The van der Waals surface area contributed by atoms with Gasteiger partial charge in [0.2, 0.25) is 0 Å². The van der Waals surface area contributed by atoms with E-state index in [1.54, 1.807) is 0 Å². The Kier molecular flexibility index (Phi) is 3.69. The second kappa shape index (κ2) is 5.23. The van der Waals surface area contributed by atoms with Gasteiger partial charge in [-0.3, -0.25) is 0 Å². The van der Waals surface area contributed by atoms with Gasteiger partial charge in [-0.2, -0.15) is 0 Å². The molecule has 1 aromatic rings. The molecule has 1 atom stereocenters. The van der Waals surface area contributed by atoms with Gasteiger partial charge in [0, 0.05) is 17.3 Å². The predicted molar refractivity (Wildman–Crippen MR) is 67.1 cm³/mol. The lowest BCUT2D eigenvalue weighted by Crippen LogP contribution is -2.36. The summed E-state index contributed by atoms with van der Waals surface area (Å²) < 4.78 is 0. The molecule has 1 aromatic carbocycles. The van der Waals surface area contributed by atoms with Crippen molar-refractivity contribution in [2.24, 2.45) is 0 Å². The predicted octanol–water partition coefficient (Wildman–Crippen LogP) is 2.29. The molecule has 0 aliphatic carbocycles. The van der Waals surface area contributed by atoms with E-state index in [1.807, 2.05) is 12.1 Å². The molecule has 1 unspecified atom stereocenters. The molecule has 1 heterocycles. The average molecular weight is 216 g/mol. The number of nitrogens with two attached hydrogens (primary N) is 1. The Labute approximate surface area is 98.4 Å². The van der Waals surface area contributed by atoms with Gasteiger partial charge in [-0.1, -0.05) is 18.6 Å². The summed E-state index contributed by atoms with van der Waals surface area (Å²) >= 11 is 0. The van der Waals surface area contributed by atoms with Crippen molar-refractivity contribution in [2.45, 2.75) is 38.1 Å². The molecule has 16 heavy (non-hydrogen) atoms. The minimum absolute atomic E-state index is 0.724. The SMILES string of the molecule is CN1CCCCC1CCc1c#cccc1N. The van der Waals surface area contributed by atoms with Crippen LogP contribution in [0.3, 0.4) is 0 Å². The fourth-order valence-electron chi connectivity index (χ4n) is 2.46. The minimum atomic E-state index is 0.724. The third kappa shape index (κ3) is 2.68. The Balaban J connectivity index is 1.89. The summed E-state index contributed by atoms with van der Waals surface area (Å²) in [7, 11) is 2.23. The molecule has 1 aliphatic heterocycles. The van der Waals surface area contributed by atoms with Crippen LogP contribution in [0.4, 0.5) is 5.69 Å². The number of rotatable bonds is 3. The first-order valence-electron chi connectivity index (χ1n) is 6.14. The monoisotopic (exact) mass is 216 g/mol. The molecular weight excluding hydrogens is 196 g/mol. The van der Waals surface area contributed by atoms with E-state index in [0.717, 1.165) is 23.7 Å². The largest absolute Gasteiger partial charge is 0.398 e. The normalized spacial score (nSPS) is 21.7. The third-order valence-electron chi connectivity index (χ3n) is 3.57. The zero-order valence-electron chi connectivity index (χ0n) is 10.00. The van der Waals surface area contributed by atoms with Crippen LogP contribution in [-0.2, 0) is 6.42 Å². The molecule has 2 heteroatoms. The molecule has 0 aromatic heterocycles. The summed E-state index contributed by atoms with van der Waals surface area (Å²) in [6, 6.07) is 10.6. The molecule has 0 radical (unpaired) electrons. The van der Waals surface area contributed by atoms with Crippen molar-refractivity contribution in [3.8, 4) is 0 Å². The van der Waals surface area contributed by atoms with E-state index in [1.165, 1.54) is 32.2 Å². The molecule has 0 amide bonds. The molecule has 0 saturated carbocycles. The van der Waals surface area contributed by atoms with Crippen molar-refractivity contribution in [3.63, 3.8) is 0 Å². The van der Waals surface area contributed by atoms with Crippen molar-refractivity contribution in [1.29, 1.82) is 0 Å². The molecule has 2 rings (SSSR count). The summed E-state index contributed by atoms with van der Waals surface area (Å²) in [5, 5.41) is 0. The lowest BCUT2D eigenvalue weighted by Gasteiger charge is -2.32. The summed E-state index contributed by atoms with van der Waals surface area (Å²) in [6.45, 7) is 1.24. The smallest absolute Gasteiger partial charge is 0.0438 e. The zero-order valence-corrected chi connectivity index (χ0v) is 10.00. The minimum Gasteiger partial charge on any atom is -0.398 e. The standard InChI is InChI=1S/C14H20N2/c1-16-11-5-4-7-13(16)10-9-12-6-2-3-8-14(12)15/h3,8,13H,4-5,7,9-11,15H2,1H3. The maximum atomic E-state index is 5.91. The lowest BCUT2D eigenvalue weighted by atomic mass is 9.96. The first-order chi connectivity index (χ1) is 7.77. The van der Waals surface area contributed by atoms with E-state index in [2.05, 4.69) is 24.1 Å². The third-order valence-corrected chi connectivity index (χ3v) is 3.57. The van der Waals surface area contributed by atoms with Crippen molar-refractivity contribution in [2.75, 3.05) is 19.3 Å². The van der Waals surface area contributed by atoms with Crippen LogP contribution in [-0.4, -0.2) is 24.5 Å². The maximum absolute atomic E-state index is 5.91. The van der Waals surface area contributed by atoms with Gasteiger partial charge in [-0.15, -0.1) is 0 Å². The highest BCUT2D eigenvalue weighted by molar-refractivity contribution is 5.43. The highest BCUT2D eigenvalue weighted by Gasteiger charge is 2.18. The molecule has 0 spiro atoms. The van der Waals surface area contributed by atoms with Gasteiger partial charge in [0.15, 0.2) is 0 Å². The van der Waals surface area contributed by atoms with Crippen molar-refractivity contribution < 1.29 is 0 Å². The topological polar surface area (TPSA) is 29.3 Å². The van der Waals surface area contributed by atoms with E-state index in [4.69, 9.17) is 5.73 Å². The lowest BCUT2D eigenvalue weighted by molar-refractivity contribution is 0.176. The molecule has 1 saturated heterocycles. The van der Waals surface area contributed by atoms with E-state index in [9.17, 15) is 0 Å². The molecular formula is C14H20N2. The molecule has 2 nitrogen and oxygen atoms in total. The highest BCUT2D eigenvalue weighted by Crippen LogP contribution is 2.20. The Bertz CT molecular complexity index is 335. The van der Waals surface area contributed by atoms with Gasteiger partial charge in [-0.05, 0) is 51.4 Å². The number of piperidine rings is 1. The first kappa shape index (κ1) is 11.3. The van der Waals surface area contributed by atoms with Crippen LogP contribution < -0.4 is 5.73 Å². The second-order valence-corrected chi connectivity index (χ2v) is 4.71. The molecule has 86 valence electrons. The quantitative estimate of drug-likeness (QED) is 0.840. The second-order valence-electron chi connectivity index (χ2n) is 4.71. The summed E-state index contributed by atoms with van der Waals surface area (Å²) in [5.41, 5.74) is 7.89. The summed E-state index contributed by atoms with van der Waals surface area (Å²) in [6.07, 6.45) is 6.26. The van der Waals surface area contributed by atoms with E-state index in [0.29, 0.717) is 0 Å². The Hall–Kier alpha value is -1.20. The van der Waals surface area contributed by atoms with Crippen LogP contribution in [0, 0.1) is 12.1 Å². The number of anilines is 1. The molecule has 1 fully saturated rings. The van der Waals surface area contributed by atoms with E-state index in [-0.39, 0.29) is 0 Å². The van der Waals surface area contributed by atoms with Crippen LogP contribution in [0.15, 0.2) is 12.1 Å². The van der Waals surface area contributed by atoms with Gasteiger partial charge in [-0.25, -0.2) is 0 Å². The maximum Gasteiger partial charge on any atom is 0.0438 e. The van der Waals surface area contributed by atoms with Crippen LogP contribution in [0.5, 0.6) is 0 Å². The van der Waals surface area contributed by atoms with Crippen molar-refractivity contribution in [3.05, 3.63) is 29.8 Å². The number of nitrogens with zero attached hydrogens (tertiary/aromatic N) is 1. The van der Waals surface area contributed by atoms with Crippen LogP contribution >= 0.6 is 0 Å². The number of likely N-dealkylation sites (tertiary alicyclic amines) is 1. The summed E-state index contributed by atoms with van der Waals surface area (Å²) in [5.74, 6) is 0. The van der Waals surface area contributed by atoms with Gasteiger partial charge >= 0.3 is 0 Å². The van der Waals surface area contributed by atoms with Crippen molar-refractivity contribution in [1.82, 2.24) is 4.90 Å². The zero-order chi connectivity index (χ0) is 11.4. The van der Waals surface area contributed by atoms with Gasteiger partial charge < -0.3 is 10.6 Å². The highest BCUT2D eigenvalue weighted by atomic mass is 15.1. The van der Waals surface area contributed by atoms with Crippen LogP contribution in [0.2, 0.25) is 0 Å². The first-order valence-corrected chi connectivity index (χ1v) is 6.14. The van der Waals surface area contributed by atoms with Gasteiger partial charge in [0.1, 0.15) is 0 Å². The van der Waals surface area contributed by atoms with Gasteiger partial charge in [0.25, 0.3) is 0 Å². The number of hydrogen-bond donors (Lipinski definition) is 1. The van der Waals surface area contributed by atoms with Gasteiger partial charge in [0.05, 0.1) is 0 Å². The summed E-state index contributed by atoms with van der Waals surface area (Å²) in [4.78, 5) is 2.48. The molecule has 0 bridgehead atoms. The van der Waals surface area contributed by atoms with Crippen molar-refractivity contribution >= 4 is 5.69 Å². The van der Waals surface area contributed by atoms with Crippen LogP contribution in [0.1, 0.15) is 31.2 Å². The molecule has 1 aliphatic rings. The van der Waals surface area contributed by atoms with E-state index >= 15 is 0 Å². The Morgan fingerprint density at radius 1 is 1.50 bits per heavy atom.